The van der Waals surface area contributed by atoms with E-state index in [0.29, 0.717) is 66.1 Å². The summed E-state index contributed by atoms with van der Waals surface area (Å²) in [5.74, 6) is -2.62. The predicted molar refractivity (Wildman–Crippen MR) is 214 cm³/mol. The van der Waals surface area contributed by atoms with Crippen molar-refractivity contribution < 1.29 is 55.4 Å². The maximum absolute atomic E-state index is 14.7. The fraction of sp³-hybridized carbons (Fsp3) is 0.500. The largest absolute Gasteiger partial charge is 0.493 e. The minimum atomic E-state index is -3.95. The first-order valence-corrected chi connectivity index (χ1v) is 22.0. The Kier molecular flexibility index (Phi) is 10.5. The number of carbonyl (C=O) groups is 4. The fourth-order valence-corrected chi connectivity index (χ4v) is 10.0. The first kappa shape index (κ1) is 39.9. The summed E-state index contributed by atoms with van der Waals surface area (Å²) in [6.07, 6.45) is 6.98. The van der Waals surface area contributed by atoms with Gasteiger partial charge in [-0.25, -0.2) is 22.6 Å². The molecule has 0 radical (unpaired) electrons. The van der Waals surface area contributed by atoms with E-state index in [-0.39, 0.29) is 55.6 Å². The van der Waals surface area contributed by atoms with Crippen molar-refractivity contribution in [1.82, 2.24) is 25.2 Å². The number of carbonyl (C=O) groups excluding carboxylic acids is 4. The number of hydrogen-bond acceptors (Lipinski definition) is 12. The monoisotopic (exact) mass is 847 g/mol. The quantitative estimate of drug-likeness (QED) is 0.210. The Morgan fingerprint density at radius 2 is 1.85 bits per heavy atom. The number of sulfonamides is 1. The Balaban J connectivity index is 1.07. The second kappa shape index (κ2) is 15.8. The normalized spacial score (nSPS) is 27.1. The zero-order chi connectivity index (χ0) is 41.8. The average Bonchev–Trinajstić information content (AvgIpc) is 4.03. The van der Waals surface area contributed by atoms with E-state index in [4.69, 9.17) is 28.3 Å². The van der Waals surface area contributed by atoms with Gasteiger partial charge in [-0.2, -0.15) is 0 Å². The summed E-state index contributed by atoms with van der Waals surface area (Å²) in [6.45, 7) is -0.139. The van der Waals surface area contributed by atoms with E-state index >= 15 is 0 Å². The molecule has 4 amide bonds. The van der Waals surface area contributed by atoms with Crippen molar-refractivity contribution >= 4 is 66.8 Å². The number of nitrogens with one attached hydrogen (secondary N) is 3. The minimum Gasteiger partial charge on any atom is -0.493 e. The van der Waals surface area contributed by atoms with Crippen LogP contribution in [0.3, 0.4) is 0 Å². The van der Waals surface area contributed by atoms with Crippen molar-refractivity contribution in [3.8, 4) is 11.5 Å². The molecule has 9 rings (SSSR count). The molecule has 16 nitrogen and oxygen atoms in total. The van der Waals surface area contributed by atoms with Crippen LogP contribution in [-0.4, -0.2) is 104 Å². The lowest BCUT2D eigenvalue weighted by atomic mass is 10.1. The van der Waals surface area contributed by atoms with E-state index in [1.165, 1.54) is 30.2 Å². The number of pyridine rings is 1. The van der Waals surface area contributed by atoms with E-state index < -0.39 is 74.5 Å². The number of halogens is 1. The maximum atomic E-state index is 14.7. The Morgan fingerprint density at radius 1 is 1.03 bits per heavy atom. The molecule has 0 spiro atoms. The molecule has 3 N–H and O–H groups in total. The molecule has 60 heavy (non-hydrogen) atoms. The van der Waals surface area contributed by atoms with Crippen LogP contribution in [0.2, 0.25) is 0 Å². The predicted octanol–water partition coefficient (Wildman–Crippen LogP) is 4.52. The van der Waals surface area contributed by atoms with Gasteiger partial charge in [-0.3, -0.25) is 19.1 Å². The van der Waals surface area contributed by atoms with E-state index in [9.17, 15) is 32.0 Å². The number of allylic oxidation sites excluding steroid dienone is 1. The van der Waals surface area contributed by atoms with Crippen LogP contribution in [0.15, 0.2) is 53.0 Å². The van der Waals surface area contributed by atoms with Crippen molar-refractivity contribution in [2.75, 3.05) is 26.9 Å². The van der Waals surface area contributed by atoms with E-state index in [0.717, 1.165) is 12.8 Å². The molecule has 4 aromatic rings. The van der Waals surface area contributed by atoms with Crippen LogP contribution in [0.5, 0.6) is 11.5 Å². The zero-order valence-electron chi connectivity index (χ0n) is 32.9. The highest BCUT2D eigenvalue weighted by Crippen LogP contribution is 2.47. The SMILES string of the molecule is COc1cccc2c1oc1c(O[C@H]3C[C@H]4C(=O)N[C@]5(C(=O)NS(=O)(=O)C6CC6)C[C@H]5/C=C\CCCOC[C@@H](NC(=O)OC5CCCC5)C(=O)N4C3)c3ccc(F)cc3nc12. The molecule has 1 saturated heterocycles. The fourth-order valence-electron chi connectivity index (χ4n) is 8.64. The molecule has 318 valence electrons. The first-order chi connectivity index (χ1) is 28.9. The molecule has 4 fully saturated rings. The van der Waals surface area contributed by atoms with Crippen LogP contribution >= 0.6 is 0 Å². The van der Waals surface area contributed by atoms with Gasteiger partial charge < -0.3 is 38.9 Å². The number of aromatic nitrogens is 1. The summed E-state index contributed by atoms with van der Waals surface area (Å²) >= 11 is 0. The Morgan fingerprint density at radius 3 is 2.63 bits per heavy atom. The molecule has 5 aliphatic rings. The average molecular weight is 848 g/mol. The number of methoxy groups -OCH3 is 1. The third-order valence-corrected chi connectivity index (χ3v) is 13.9. The summed E-state index contributed by atoms with van der Waals surface area (Å²) < 4.78 is 72.9. The third-order valence-electron chi connectivity index (χ3n) is 12.1. The lowest BCUT2D eigenvalue weighted by molar-refractivity contribution is -0.142. The number of furan rings is 1. The van der Waals surface area contributed by atoms with Gasteiger partial charge in [0, 0.05) is 30.4 Å². The van der Waals surface area contributed by atoms with Gasteiger partial charge in [0.2, 0.25) is 21.8 Å². The van der Waals surface area contributed by atoms with Crippen LogP contribution in [0.1, 0.15) is 64.2 Å². The number of fused-ring (bicyclic) bond motifs is 6. The van der Waals surface area contributed by atoms with Gasteiger partial charge in [0.15, 0.2) is 22.7 Å². The highest BCUT2D eigenvalue weighted by Gasteiger charge is 2.62. The smallest absolute Gasteiger partial charge is 0.408 e. The summed E-state index contributed by atoms with van der Waals surface area (Å²) in [6, 6.07) is 6.81. The topological polar surface area (TPSA) is 205 Å². The zero-order valence-corrected chi connectivity index (χ0v) is 33.8. The van der Waals surface area contributed by atoms with Gasteiger partial charge in [0.1, 0.15) is 41.2 Å². The summed E-state index contributed by atoms with van der Waals surface area (Å²) in [4.78, 5) is 62.3. The number of benzene rings is 2. The van der Waals surface area contributed by atoms with E-state index in [2.05, 4.69) is 15.4 Å². The number of rotatable bonds is 8. The lowest BCUT2D eigenvalue weighted by Crippen LogP contribution is -2.59. The van der Waals surface area contributed by atoms with Crippen molar-refractivity contribution in [3.05, 3.63) is 54.4 Å². The summed E-state index contributed by atoms with van der Waals surface area (Å²) in [5, 5.41) is 5.86. The molecular formula is C42H46FN5O11S. The third kappa shape index (κ3) is 7.70. The van der Waals surface area contributed by atoms with Gasteiger partial charge in [0.25, 0.3) is 5.91 Å². The first-order valence-electron chi connectivity index (χ1n) is 20.5. The Bertz CT molecular complexity index is 2520. The summed E-state index contributed by atoms with van der Waals surface area (Å²) in [5.41, 5.74) is -0.323. The molecule has 2 aromatic carbocycles. The standard InChI is InChI=1S/C42H46FN5O11S/c1-55-33-12-7-11-29-34-37(59-35(29)33)36(28-16-13-24(43)18-30(28)44-34)57-26-19-32-38(49)46-42(40(51)47-60(53,54)27-14-15-27)20-23(42)8-3-2-6-17-56-22-31(39(50)48(32)21-26)45-41(52)58-25-9-4-5-10-25/h3,7-8,11-13,16,18,23,25-27,31-32H,2,4-6,9-10,14-15,17,19-22H2,1H3,(H,45,52)(H,46,49)(H,47,51)/b8-3-/t23-,26+,31-,32+,42-/m1/s1. The molecule has 3 saturated carbocycles. The van der Waals surface area contributed by atoms with Crippen LogP contribution in [-0.2, 0) is 33.9 Å². The van der Waals surface area contributed by atoms with Crippen LogP contribution in [0.25, 0.3) is 33.0 Å². The molecule has 5 atom stereocenters. The van der Waals surface area contributed by atoms with Gasteiger partial charge >= 0.3 is 6.09 Å². The van der Waals surface area contributed by atoms with Crippen LogP contribution < -0.4 is 24.8 Å². The van der Waals surface area contributed by atoms with Crippen molar-refractivity contribution in [2.45, 2.75) is 99.3 Å². The molecule has 0 bridgehead atoms. The maximum Gasteiger partial charge on any atom is 0.408 e. The Hall–Kier alpha value is -5.49. The molecule has 2 aliphatic heterocycles. The van der Waals surface area contributed by atoms with Crippen molar-refractivity contribution in [2.24, 2.45) is 5.92 Å². The molecular weight excluding hydrogens is 802 g/mol. The second-order valence-electron chi connectivity index (χ2n) is 16.3. The molecule has 3 aliphatic carbocycles. The van der Waals surface area contributed by atoms with Gasteiger partial charge in [0.05, 0.1) is 36.4 Å². The number of ether oxygens (including phenoxy) is 4. The van der Waals surface area contributed by atoms with Crippen molar-refractivity contribution in [3.63, 3.8) is 0 Å². The molecule has 18 heteroatoms. The molecule has 0 unspecified atom stereocenters. The highest BCUT2D eigenvalue weighted by molar-refractivity contribution is 7.91. The number of para-hydroxylation sites is 1. The number of hydrogen-bond donors (Lipinski definition) is 3. The summed E-state index contributed by atoms with van der Waals surface area (Å²) in [7, 11) is -2.45. The van der Waals surface area contributed by atoms with Gasteiger partial charge in [-0.05, 0) is 82.1 Å². The lowest BCUT2D eigenvalue weighted by Gasteiger charge is -2.29. The van der Waals surface area contributed by atoms with Gasteiger partial charge in [-0.15, -0.1) is 0 Å². The molecule has 2 aromatic heterocycles. The van der Waals surface area contributed by atoms with Crippen molar-refractivity contribution in [1.29, 1.82) is 0 Å². The number of amides is 4. The highest BCUT2D eigenvalue weighted by atomic mass is 32.2. The second-order valence-corrected chi connectivity index (χ2v) is 18.3. The minimum absolute atomic E-state index is 0.0910. The van der Waals surface area contributed by atoms with E-state index in [1.54, 1.807) is 24.3 Å². The van der Waals surface area contributed by atoms with E-state index in [1.807, 2.05) is 6.08 Å². The number of alkyl carbamates (subject to hydrolysis) is 1. The van der Waals surface area contributed by atoms with Crippen LogP contribution in [0.4, 0.5) is 9.18 Å². The van der Waals surface area contributed by atoms with Gasteiger partial charge in [-0.1, -0.05) is 18.2 Å². The molecule has 4 heterocycles. The van der Waals surface area contributed by atoms with Crippen LogP contribution in [0, 0.1) is 11.7 Å². The Labute approximate surface area is 344 Å². The number of nitrogens with zero attached hydrogens (tertiary/aromatic N) is 2.